The van der Waals surface area contributed by atoms with Crippen LogP contribution in [0.25, 0.3) is 0 Å². The Morgan fingerprint density at radius 1 is 0.397 bits per heavy atom. The summed E-state index contributed by atoms with van der Waals surface area (Å²) in [4.78, 5) is 12.4. The number of carbonyl (C=O) groups is 1. The van der Waals surface area contributed by atoms with Crippen LogP contribution in [0.5, 0.6) is 0 Å². The first-order valence-electron chi connectivity index (χ1n) is 26.9. The Balaban J connectivity index is 3.37. The van der Waals surface area contributed by atoms with E-state index in [1.165, 1.54) is 257 Å². The Labute approximate surface area is 365 Å². The lowest BCUT2D eigenvalue weighted by Gasteiger charge is -2.22. The lowest BCUT2D eigenvalue weighted by Crippen LogP contribution is -2.45. The van der Waals surface area contributed by atoms with Crippen LogP contribution in [0, 0.1) is 0 Å². The Morgan fingerprint density at radius 2 is 0.655 bits per heavy atom. The minimum atomic E-state index is -0.655. The van der Waals surface area contributed by atoms with Gasteiger partial charge in [-0.05, 0) is 38.5 Å². The fourth-order valence-corrected chi connectivity index (χ4v) is 8.65. The van der Waals surface area contributed by atoms with Crippen molar-refractivity contribution in [2.24, 2.45) is 0 Å². The fourth-order valence-electron chi connectivity index (χ4n) is 8.65. The zero-order valence-electron chi connectivity index (χ0n) is 39.8. The third kappa shape index (κ3) is 46.2. The second-order valence-electron chi connectivity index (χ2n) is 18.7. The zero-order chi connectivity index (χ0) is 42.1. The van der Waals surface area contributed by atoms with E-state index in [1.807, 2.05) is 0 Å². The molecule has 0 saturated carbocycles. The lowest BCUT2D eigenvalue weighted by molar-refractivity contribution is -0.123. The SMILES string of the molecule is CCCCCCCCCCCCCC/C=C\CCCCCCCCCCCCCCCCCCCC(=O)NC(CO)C(O)CCCCCCCCCCCCCCC. The molecule has 0 saturated heterocycles. The van der Waals surface area contributed by atoms with Crippen LogP contribution in [0.4, 0.5) is 0 Å². The number of allylic oxidation sites excluding steroid dienone is 2. The number of unbranched alkanes of at least 4 members (excludes halogenated alkanes) is 41. The van der Waals surface area contributed by atoms with Crippen LogP contribution in [0.2, 0.25) is 0 Å². The molecule has 2 atom stereocenters. The highest BCUT2D eigenvalue weighted by atomic mass is 16.3. The summed E-state index contributed by atoms with van der Waals surface area (Å²) in [5, 5.41) is 23.2. The first-order valence-corrected chi connectivity index (χ1v) is 26.9. The molecule has 0 spiro atoms. The molecule has 0 radical (unpaired) electrons. The molecule has 346 valence electrons. The molecule has 0 aliphatic rings. The minimum Gasteiger partial charge on any atom is -0.394 e. The first-order chi connectivity index (χ1) is 28.7. The van der Waals surface area contributed by atoms with Gasteiger partial charge in [-0.25, -0.2) is 0 Å². The van der Waals surface area contributed by atoms with Gasteiger partial charge in [-0.2, -0.15) is 0 Å². The van der Waals surface area contributed by atoms with E-state index in [-0.39, 0.29) is 12.5 Å². The summed E-state index contributed by atoms with van der Waals surface area (Å²) in [5.41, 5.74) is 0. The molecule has 0 aliphatic heterocycles. The van der Waals surface area contributed by atoms with E-state index in [4.69, 9.17) is 0 Å². The number of aliphatic hydroxyl groups excluding tert-OH is 2. The average Bonchev–Trinajstić information content (AvgIpc) is 3.23. The van der Waals surface area contributed by atoms with Crippen molar-refractivity contribution in [1.82, 2.24) is 5.32 Å². The number of nitrogens with one attached hydrogen (secondary N) is 1. The quantitative estimate of drug-likeness (QED) is 0.0423. The zero-order valence-corrected chi connectivity index (χ0v) is 39.8. The molecular formula is C54H107NO3. The summed E-state index contributed by atoms with van der Waals surface area (Å²) >= 11 is 0. The maximum Gasteiger partial charge on any atom is 0.220 e. The molecule has 0 heterocycles. The Kier molecular flexibility index (Phi) is 49.7. The largest absolute Gasteiger partial charge is 0.394 e. The van der Waals surface area contributed by atoms with E-state index in [0.29, 0.717) is 12.8 Å². The molecule has 4 nitrogen and oxygen atoms in total. The summed E-state index contributed by atoms with van der Waals surface area (Å²) in [6.45, 7) is 4.38. The molecule has 58 heavy (non-hydrogen) atoms. The second kappa shape index (κ2) is 50.5. The van der Waals surface area contributed by atoms with Crippen LogP contribution in [0.3, 0.4) is 0 Å². The van der Waals surface area contributed by atoms with Crippen molar-refractivity contribution in [2.75, 3.05) is 6.61 Å². The van der Waals surface area contributed by atoms with E-state index >= 15 is 0 Å². The summed E-state index contributed by atoms with van der Waals surface area (Å²) in [6, 6.07) is -0.531. The van der Waals surface area contributed by atoms with Gasteiger partial charge >= 0.3 is 0 Å². The van der Waals surface area contributed by atoms with E-state index in [9.17, 15) is 15.0 Å². The van der Waals surface area contributed by atoms with Crippen LogP contribution in [-0.2, 0) is 4.79 Å². The van der Waals surface area contributed by atoms with Gasteiger partial charge in [0, 0.05) is 6.42 Å². The topological polar surface area (TPSA) is 69.6 Å². The number of rotatable bonds is 50. The van der Waals surface area contributed by atoms with Crippen LogP contribution in [0.15, 0.2) is 12.2 Å². The smallest absolute Gasteiger partial charge is 0.220 e. The maximum absolute atomic E-state index is 12.4. The van der Waals surface area contributed by atoms with Gasteiger partial charge in [0.1, 0.15) is 0 Å². The van der Waals surface area contributed by atoms with Crippen molar-refractivity contribution in [2.45, 2.75) is 321 Å². The normalized spacial score (nSPS) is 12.8. The van der Waals surface area contributed by atoms with E-state index in [2.05, 4.69) is 31.3 Å². The Bertz CT molecular complexity index is 799. The maximum atomic E-state index is 12.4. The second-order valence-corrected chi connectivity index (χ2v) is 18.7. The summed E-state index contributed by atoms with van der Waals surface area (Å²) < 4.78 is 0. The molecule has 0 rings (SSSR count). The highest BCUT2D eigenvalue weighted by Crippen LogP contribution is 2.17. The van der Waals surface area contributed by atoms with Crippen molar-refractivity contribution in [1.29, 1.82) is 0 Å². The molecule has 0 aromatic carbocycles. The summed E-state index contributed by atoms with van der Waals surface area (Å²) in [7, 11) is 0. The van der Waals surface area contributed by atoms with Gasteiger partial charge in [-0.3, -0.25) is 4.79 Å². The summed E-state index contributed by atoms with van der Waals surface area (Å²) in [5.74, 6) is -0.0261. The average molecular weight is 818 g/mol. The molecule has 1 amide bonds. The number of hydrogen-bond donors (Lipinski definition) is 3. The van der Waals surface area contributed by atoms with Crippen LogP contribution in [0.1, 0.15) is 309 Å². The van der Waals surface area contributed by atoms with Gasteiger partial charge in [0.05, 0.1) is 18.8 Å². The van der Waals surface area contributed by atoms with Gasteiger partial charge in [0.2, 0.25) is 5.91 Å². The van der Waals surface area contributed by atoms with Crippen LogP contribution < -0.4 is 5.32 Å². The molecular weight excluding hydrogens is 711 g/mol. The molecule has 0 aromatic heterocycles. The van der Waals surface area contributed by atoms with Crippen LogP contribution >= 0.6 is 0 Å². The van der Waals surface area contributed by atoms with Crippen molar-refractivity contribution in [3.8, 4) is 0 Å². The van der Waals surface area contributed by atoms with Gasteiger partial charge < -0.3 is 15.5 Å². The third-order valence-electron chi connectivity index (χ3n) is 12.8. The fraction of sp³-hybridized carbons (Fsp3) is 0.944. The third-order valence-corrected chi connectivity index (χ3v) is 12.8. The van der Waals surface area contributed by atoms with Crippen molar-refractivity contribution < 1.29 is 15.0 Å². The monoisotopic (exact) mass is 818 g/mol. The molecule has 3 N–H and O–H groups in total. The number of hydrogen-bond acceptors (Lipinski definition) is 3. The predicted octanol–water partition coefficient (Wildman–Crippen LogP) is 17.4. The minimum absolute atomic E-state index is 0.0261. The van der Waals surface area contributed by atoms with Crippen LogP contribution in [-0.4, -0.2) is 34.9 Å². The molecule has 0 fully saturated rings. The van der Waals surface area contributed by atoms with Crippen molar-refractivity contribution in [3.63, 3.8) is 0 Å². The van der Waals surface area contributed by atoms with Crippen molar-refractivity contribution >= 4 is 5.91 Å². The molecule has 0 bridgehead atoms. The number of carbonyl (C=O) groups excluding carboxylic acids is 1. The van der Waals surface area contributed by atoms with E-state index in [0.717, 1.165) is 25.7 Å². The lowest BCUT2D eigenvalue weighted by atomic mass is 10.0. The Morgan fingerprint density at radius 3 is 0.948 bits per heavy atom. The van der Waals surface area contributed by atoms with Gasteiger partial charge in [-0.1, -0.05) is 276 Å². The highest BCUT2D eigenvalue weighted by molar-refractivity contribution is 5.76. The molecule has 2 unspecified atom stereocenters. The van der Waals surface area contributed by atoms with E-state index < -0.39 is 12.1 Å². The predicted molar refractivity (Wildman–Crippen MR) is 258 cm³/mol. The first kappa shape index (κ1) is 57.1. The van der Waals surface area contributed by atoms with Crippen molar-refractivity contribution in [3.05, 3.63) is 12.2 Å². The molecule has 0 aromatic rings. The number of aliphatic hydroxyl groups is 2. The van der Waals surface area contributed by atoms with Gasteiger partial charge in [0.25, 0.3) is 0 Å². The van der Waals surface area contributed by atoms with E-state index in [1.54, 1.807) is 0 Å². The highest BCUT2D eigenvalue weighted by Gasteiger charge is 2.20. The molecule has 0 aliphatic carbocycles. The Hall–Kier alpha value is -0.870. The standard InChI is InChI=1S/C54H107NO3/c1-3-5-7-9-11-13-15-17-18-19-20-21-22-23-24-25-26-27-28-29-30-31-32-33-34-35-36-38-40-42-44-46-48-50-54(58)55-52(51-56)53(57)49-47-45-43-41-39-37-16-14-12-10-8-6-4-2/h23-24,52-53,56-57H,3-22,25-51H2,1-2H3,(H,55,58)/b24-23-. The summed E-state index contributed by atoms with van der Waals surface area (Å²) in [6.07, 6.45) is 64.9. The molecule has 4 heteroatoms. The van der Waals surface area contributed by atoms with Gasteiger partial charge in [-0.15, -0.1) is 0 Å². The number of amides is 1. The van der Waals surface area contributed by atoms with Gasteiger partial charge in [0.15, 0.2) is 0 Å².